The van der Waals surface area contributed by atoms with Crippen LogP contribution in [0.15, 0.2) is 48.5 Å². The van der Waals surface area contributed by atoms with E-state index in [-0.39, 0.29) is 5.91 Å². The first-order valence-electron chi connectivity index (χ1n) is 6.48. The molecule has 0 bridgehead atoms. The van der Waals surface area contributed by atoms with Gasteiger partial charge in [-0.1, -0.05) is 18.2 Å². The Kier molecular flexibility index (Phi) is 6.01. The van der Waals surface area contributed by atoms with Crippen molar-refractivity contribution in [3.63, 3.8) is 0 Å². The smallest absolute Gasteiger partial charge is 0.256 e. The minimum absolute atomic E-state index is 0.131. The topological polar surface area (TPSA) is 47.6 Å². The Morgan fingerprint density at radius 1 is 1.14 bits per heavy atom. The summed E-state index contributed by atoms with van der Waals surface area (Å²) in [6.45, 7) is 1.00. The number of hydrogen-bond acceptors (Lipinski definition) is 3. The van der Waals surface area contributed by atoms with Gasteiger partial charge in [-0.3, -0.25) is 4.79 Å². The summed E-state index contributed by atoms with van der Waals surface area (Å²) < 4.78 is 11.4. The Morgan fingerprint density at radius 3 is 2.71 bits per heavy atom. The van der Waals surface area contributed by atoms with Gasteiger partial charge in [-0.2, -0.15) is 0 Å². The number of rotatable bonds is 6. The van der Waals surface area contributed by atoms with Gasteiger partial charge in [0.05, 0.1) is 12.2 Å². The predicted octanol–water partition coefficient (Wildman–Crippen LogP) is 3.57. The normalized spacial score (nSPS) is 10.2. The summed E-state index contributed by atoms with van der Waals surface area (Å²) in [6.07, 6.45) is 0. The molecular formula is C16H16INO3. The number of hydrogen-bond donors (Lipinski definition) is 1. The summed E-state index contributed by atoms with van der Waals surface area (Å²) in [7, 11) is 1.63. The second-order valence-electron chi connectivity index (χ2n) is 4.30. The molecule has 0 unspecified atom stereocenters. The van der Waals surface area contributed by atoms with Crippen molar-refractivity contribution in [1.29, 1.82) is 0 Å². The van der Waals surface area contributed by atoms with Crippen molar-refractivity contribution in [3.05, 3.63) is 57.7 Å². The summed E-state index contributed by atoms with van der Waals surface area (Å²) in [5, 5.41) is 2.87. The second-order valence-corrected chi connectivity index (χ2v) is 5.47. The monoisotopic (exact) mass is 397 g/mol. The average Bonchev–Trinajstić information content (AvgIpc) is 2.48. The zero-order valence-electron chi connectivity index (χ0n) is 11.6. The molecule has 21 heavy (non-hydrogen) atoms. The van der Waals surface area contributed by atoms with Gasteiger partial charge in [-0.05, 0) is 46.9 Å². The number of methoxy groups -OCH3 is 1. The van der Waals surface area contributed by atoms with Gasteiger partial charge in [0.1, 0.15) is 12.4 Å². The molecule has 0 atom stereocenters. The molecule has 0 aliphatic heterocycles. The SMILES string of the molecule is COCCOc1cccc(NC(=O)c2ccccc2I)c1. The van der Waals surface area contributed by atoms with Crippen LogP contribution in [0.2, 0.25) is 0 Å². The van der Waals surface area contributed by atoms with Crippen LogP contribution in [0.3, 0.4) is 0 Å². The highest BCUT2D eigenvalue weighted by molar-refractivity contribution is 14.1. The lowest BCUT2D eigenvalue weighted by atomic mass is 10.2. The van der Waals surface area contributed by atoms with E-state index in [0.717, 1.165) is 3.57 Å². The van der Waals surface area contributed by atoms with Crippen LogP contribution < -0.4 is 10.1 Å². The van der Waals surface area contributed by atoms with Crippen LogP contribution in [0, 0.1) is 3.57 Å². The van der Waals surface area contributed by atoms with Crippen molar-refractivity contribution >= 4 is 34.2 Å². The van der Waals surface area contributed by atoms with Gasteiger partial charge >= 0.3 is 0 Å². The maximum atomic E-state index is 12.2. The highest BCUT2D eigenvalue weighted by atomic mass is 127. The van der Waals surface area contributed by atoms with E-state index in [1.807, 2.05) is 36.4 Å². The highest BCUT2D eigenvalue weighted by Crippen LogP contribution is 2.19. The molecule has 0 heterocycles. The Labute approximate surface area is 137 Å². The van der Waals surface area contributed by atoms with Gasteiger partial charge in [0.2, 0.25) is 0 Å². The number of ether oxygens (including phenoxy) is 2. The van der Waals surface area contributed by atoms with Gasteiger partial charge in [0.15, 0.2) is 0 Å². The van der Waals surface area contributed by atoms with Crippen LogP contribution in [0.1, 0.15) is 10.4 Å². The minimum Gasteiger partial charge on any atom is -0.491 e. The largest absolute Gasteiger partial charge is 0.491 e. The average molecular weight is 397 g/mol. The van der Waals surface area contributed by atoms with Crippen molar-refractivity contribution in [2.45, 2.75) is 0 Å². The van der Waals surface area contributed by atoms with E-state index in [0.29, 0.717) is 30.2 Å². The zero-order chi connectivity index (χ0) is 15.1. The van der Waals surface area contributed by atoms with Crippen LogP contribution >= 0.6 is 22.6 Å². The number of halogens is 1. The Hall–Kier alpha value is -1.60. The Balaban J connectivity index is 2.04. The maximum absolute atomic E-state index is 12.2. The number of carbonyl (C=O) groups excluding carboxylic acids is 1. The molecule has 0 aliphatic carbocycles. The molecule has 0 fully saturated rings. The van der Waals surface area contributed by atoms with Crippen LogP contribution in [0.25, 0.3) is 0 Å². The third kappa shape index (κ3) is 4.71. The van der Waals surface area contributed by atoms with Gasteiger partial charge in [0, 0.05) is 22.4 Å². The molecule has 0 radical (unpaired) electrons. The molecule has 110 valence electrons. The van der Waals surface area contributed by atoms with E-state index in [4.69, 9.17) is 9.47 Å². The molecule has 0 aromatic heterocycles. The first-order valence-corrected chi connectivity index (χ1v) is 7.56. The van der Waals surface area contributed by atoms with Crippen molar-refractivity contribution < 1.29 is 14.3 Å². The number of carbonyl (C=O) groups is 1. The van der Waals surface area contributed by atoms with Crippen LogP contribution in [-0.2, 0) is 4.74 Å². The third-order valence-corrected chi connectivity index (χ3v) is 3.71. The summed E-state index contributed by atoms with van der Waals surface area (Å²) in [6, 6.07) is 14.8. The quantitative estimate of drug-likeness (QED) is 0.599. The lowest BCUT2D eigenvalue weighted by Gasteiger charge is -2.09. The molecule has 1 N–H and O–H groups in total. The summed E-state index contributed by atoms with van der Waals surface area (Å²) in [4.78, 5) is 12.2. The molecule has 0 aliphatic rings. The fourth-order valence-corrected chi connectivity index (χ4v) is 2.38. The Morgan fingerprint density at radius 2 is 1.95 bits per heavy atom. The molecule has 0 saturated heterocycles. The molecule has 0 saturated carbocycles. The van der Waals surface area contributed by atoms with E-state index in [1.165, 1.54) is 0 Å². The molecule has 2 aromatic rings. The lowest BCUT2D eigenvalue weighted by Crippen LogP contribution is -2.13. The fraction of sp³-hybridized carbons (Fsp3) is 0.188. The van der Waals surface area contributed by atoms with E-state index in [9.17, 15) is 4.79 Å². The van der Waals surface area contributed by atoms with E-state index in [2.05, 4.69) is 27.9 Å². The molecule has 1 amide bonds. The maximum Gasteiger partial charge on any atom is 0.256 e. The number of anilines is 1. The number of amides is 1. The van der Waals surface area contributed by atoms with Gasteiger partial charge in [0.25, 0.3) is 5.91 Å². The number of benzene rings is 2. The molecule has 4 nitrogen and oxygen atoms in total. The van der Waals surface area contributed by atoms with Crippen molar-refractivity contribution in [2.75, 3.05) is 25.6 Å². The molecule has 0 spiro atoms. The van der Waals surface area contributed by atoms with Gasteiger partial charge < -0.3 is 14.8 Å². The Bertz CT molecular complexity index is 616. The van der Waals surface area contributed by atoms with Crippen LogP contribution in [-0.4, -0.2) is 26.2 Å². The van der Waals surface area contributed by atoms with Crippen LogP contribution in [0.4, 0.5) is 5.69 Å². The first kappa shape index (κ1) is 15.8. The third-order valence-electron chi connectivity index (χ3n) is 2.77. The fourth-order valence-electron chi connectivity index (χ4n) is 1.75. The van der Waals surface area contributed by atoms with E-state index < -0.39 is 0 Å². The summed E-state index contributed by atoms with van der Waals surface area (Å²) >= 11 is 2.15. The first-order chi connectivity index (χ1) is 10.2. The summed E-state index contributed by atoms with van der Waals surface area (Å²) in [5.41, 5.74) is 1.36. The van der Waals surface area contributed by atoms with E-state index >= 15 is 0 Å². The van der Waals surface area contributed by atoms with Gasteiger partial charge in [-0.15, -0.1) is 0 Å². The van der Waals surface area contributed by atoms with Crippen molar-refractivity contribution in [3.8, 4) is 5.75 Å². The standard InChI is InChI=1S/C16H16INO3/c1-20-9-10-21-13-6-4-5-12(11-13)18-16(19)14-7-2-3-8-15(14)17/h2-8,11H,9-10H2,1H3,(H,18,19). The highest BCUT2D eigenvalue weighted by Gasteiger charge is 2.09. The predicted molar refractivity (Wildman–Crippen MR) is 90.9 cm³/mol. The molecule has 5 heteroatoms. The molecule has 2 rings (SSSR count). The second kappa shape index (κ2) is 7.99. The van der Waals surface area contributed by atoms with Crippen molar-refractivity contribution in [1.82, 2.24) is 0 Å². The van der Waals surface area contributed by atoms with Crippen molar-refractivity contribution in [2.24, 2.45) is 0 Å². The molecular weight excluding hydrogens is 381 g/mol. The zero-order valence-corrected chi connectivity index (χ0v) is 13.8. The van der Waals surface area contributed by atoms with E-state index in [1.54, 1.807) is 19.2 Å². The molecule has 2 aromatic carbocycles. The summed E-state index contributed by atoms with van der Waals surface area (Å²) in [5.74, 6) is 0.571. The van der Waals surface area contributed by atoms with Crippen LogP contribution in [0.5, 0.6) is 5.75 Å². The lowest BCUT2D eigenvalue weighted by molar-refractivity contribution is 0.102. The number of nitrogens with one attached hydrogen (secondary N) is 1. The van der Waals surface area contributed by atoms with Gasteiger partial charge in [-0.25, -0.2) is 0 Å². The minimum atomic E-state index is -0.131.